The predicted octanol–water partition coefficient (Wildman–Crippen LogP) is -0.434. The molecule has 12 heavy (non-hydrogen) atoms. The molecular weight excluding hydrogens is 160 g/mol. The average Bonchev–Trinajstić information content (AvgIpc) is 2.02. The molecule has 3 N–H and O–H groups in total. The van der Waals surface area contributed by atoms with E-state index in [0.29, 0.717) is 0 Å². The molecule has 0 heterocycles. The number of rotatable bonds is 3. The van der Waals surface area contributed by atoms with Gasteiger partial charge in [-0.3, -0.25) is 15.0 Å². The highest BCUT2D eigenvalue weighted by molar-refractivity contribution is 5.86. The molecule has 5 nitrogen and oxygen atoms in total. The van der Waals surface area contributed by atoms with Crippen LogP contribution < -0.4 is 11.3 Å². The van der Waals surface area contributed by atoms with E-state index >= 15 is 0 Å². The number of nitrogens with two attached hydrogens (primary N) is 1. The molecule has 0 aromatic rings. The van der Waals surface area contributed by atoms with Crippen molar-refractivity contribution in [2.75, 3.05) is 7.11 Å². The normalized spacial score (nSPS) is 10.7. The maximum Gasteiger partial charge on any atom is 0.306 e. The molecule has 0 radical (unpaired) electrons. The van der Waals surface area contributed by atoms with Gasteiger partial charge in [0.2, 0.25) is 5.91 Å². The lowest BCUT2D eigenvalue weighted by Crippen LogP contribution is -2.42. The Labute approximate surface area is 71.2 Å². The van der Waals surface area contributed by atoms with E-state index in [0.717, 1.165) is 0 Å². The molecule has 70 valence electrons. The van der Waals surface area contributed by atoms with Crippen molar-refractivity contribution in [3.05, 3.63) is 0 Å². The molecular formula is C7H14N2O3. The number of hydrogen-bond donors (Lipinski definition) is 2. The topological polar surface area (TPSA) is 81.4 Å². The SMILES string of the molecule is COC(=O)CC(C)(C)C(=O)NN. The first kappa shape index (κ1) is 10.9. The highest BCUT2D eigenvalue weighted by Crippen LogP contribution is 2.20. The van der Waals surface area contributed by atoms with Gasteiger partial charge in [-0.05, 0) is 0 Å². The number of nitrogens with one attached hydrogen (secondary N) is 1. The number of carbonyl (C=O) groups is 2. The number of ether oxygens (including phenoxy) is 1. The number of carbonyl (C=O) groups excluding carboxylic acids is 2. The van der Waals surface area contributed by atoms with E-state index in [4.69, 9.17) is 5.84 Å². The number of esters is 1. The summed E-state index contributed by atoms with van der Waals surface area (Å²) in [7, 11) is 1.28. The Morgan fingerprint density at radius 1 is 1.50 bits per heavy atom. The lowest BCUT2D eigenvalue weighted by molar-refractivity contribution is -0.146. The predicted molar refractivity (Wildman–Crippen MR) is 42.7 cm³/mol. The third kappa shape index (κ3) is 2.87. The fourth-order valence-electron chi connectivity index (χ4n) is 0.709. The third-order valence-corrected chi connectivity index (χ3v) is 1.56. The summed E-state index contributed by atoms with van der Waals surface area (Å²) in [5.41, 5.74) is 1.17. The molecule has 0 bridgehead atoms. The van der Waals surface area contributed by atoms with Gasteiger partial charge in [-0.2, -0.15) is 0 Å². The maximum absolute atomic E-state index is 11.0. The Morgan fingerprint density at radius 2 is 2.00 bits per heavy atom. The minimum atomic E-state index is -0.818. The third-order valence-electron chi connectivity index (χ3n) is 1.56. The van der Waals surface area contributed by atoms with E-state index < -0.39 is 11.4 Å². The molecule has 0 aliphatic heterocycles. The van der Waals surface area contributed by atoms with Crippen molar-refractivity contribution in [1.29, 1.82) is 0 Å². The van der Waals surface area contributed by atoms with Crippen LogP contribution in [-0.2, 0) is 14.3 Å². The van der Waals surface area contributed by atoms with Crippen LogP contribution in [0.1, 0.15) is 20.3 Å². The standard InChI is InChI=1S/C7H14N2O3/c1-7(2,6(11)9-8)4-5(10)12-3/h4,8H2,1-3H3,(H,9,11). The van der Waals surface area contributed by atoms with Crippen molar-refractivity contribution < 1.29 is 14.3 Å². The molecule has 5 heteroatoms. The Morgan fingerprint density at radius 3 is 2.33 bits per heavy atom. The second-order valence-electron chi connectivity index (χ2n) is 3.11. The van der Waals surface area contributed by atoms with Gasteiger partial charge in [-0.1, -0.05) is 13.8 Å². The quantitative estimate of drug-likeness (QED) is 0.263. The molecule has 0 aromatic heterocycles. The zero-order chi connectivity index (χ0) is 9.78. The summed E-state index contributed by atoms with van der Waals surface area (Å²) in [6, 6.07) is 0. The fraction of sp³-hybridized carbons (Fsp3) is 0.714. The van der Waals surface area contributed by atoms with Gasteiger partial charge in [0, 0.05) is 0 Å². The lowest BCUT2D eigenvalue weighted by Gasteiger charge is -2.20. The zero-order valence-corrected chi connectivity index (χ0v) is 7.51. The first-order valence-corrected chi connectivity index (χ1v) is 3.52. The average molecular weight is 174 g/mol. The second-order valence-corrected chi connectivity index (χ2v) is 3.11. The fourth-order valence-corrected chi connectivity index (χ4v) is 0.709. The van der Waals surface area contributed by atoms with Gasteiger partial charge in [-0.25, -0.2) is 5.84 Å². The van der Waals surface area contributed by atoms with E-state index in [2.05, 4.69) is 4.74 Å². The van der Waals surface area contributed by atoms with Crippen molar-refractivity contribution in [3.8, 4) is 0 Å². The summed E-state index contributed by atoms with van der Waals surface area (Å²) in [6.07, 6.45) is 0.0204. The Kier molecular flexibility index (Phi) is 3.69. The highest BCUT2D eigenvalue weighted by Gasteiger charge is 2.30. The van der Waals surface area contributed by atoms with E-state index in [-0.39, 0.29) is 12.3 Å². The summed E-state index contributed by atoms with van der Waals surface area (Å²) < 4.78 is 4.42. The van der Waals surface area contributed by atoms with Crippen molar-refractivity contribution in [2.24, 2.45) is 11.3 Å². The van der Waals surface area contributed by atoms with Crippen LogP contribution in [0.2, 0.25) is 0 Å². The van der Waals surface area contributed by atoms with Gasteiger partial charge in [0.25, 0.3) is 0 Å². The van der Waals surface area contributed by atoms with Gasteiger partial charge in [0.1, 0.15) is 0 Å². The summed E-state index contributed by atoms with van der Waals surface area (Å²) in [4.78, 5) is 21.8. The molecule has 0 saturated heterocycles. The zero-order valence-electron chi connectivity index (χ0n) is 7.51. The monoisotopic (exact) mass is 174 g/mol. The van der Waals surface area contributed by atoms with Crippen LogP contribution in [0, 0.1) is 5.41 Å². The second kappa shape index (κ2) is 4.06. The van der Waals surface area contributed by atoms with Crippen LogP contribution in [0.25, 0.3) is 0 Å². The summed E-state index contributed by atoms with van der Waals surface area (Å²) in [5, 5.41) is 0. The Balaban J connectivity index is 4.21. The first-order valence-electron chi connectivity index (χ1n) is 3.52. The van der Waals surface area contributed by atoms with Crippen LogP contribution in [0.4, 0.5) is 0 Å². The minimum absolute atomic E-state index is 0.0204. The maximum atomic E-state index is 11.0. The molecule has 0 aliphatic rings. The lowest BCUT2D eigenvalue weighted by atomic mass is 9.88. The van der Waals surface area contributed by atoms with Crippen molar-refractivity contribution >= 4 is 11.9 Å². The van der Waals surface area contributed by atoms with Crippen LogP contribution in [0.15, 0.2) is 0 Å². The molecule has 0 aromatic carbocycles. The largest absolute Gasteiger partial charge is 0.469 e. The summed E-state index contributed by atoms with van der Waals surface area (Å²) >= 11 is 0. The van der Waals surface area contributed by atoms with E-state index in [1.807, 2.05) is 5.43 Å². The Hall–Kier alpha value is -1.10. The van der Waals surface area contributed by atoms with Crippen LogP contribution in [0.5, 0.6) is 0 Å². The molecule has 0 rings (SSSR count). The molecule has 0 unspecified atom stereocenters. The van der Waals surface area contributed by atoms with Gasteiger partial charge in [0.15, 0.2) is 0 Å². The molecule has 0 saturated carbocycles. The molecule has 0 fully saturated rings. The van der Waals surface area contributed by atoms with E-state index in [1.165, 1.54) is 7.11 Å². The van der Waals surface area contributed by atoms with Crippen LogP contribution >= 0.6 is 0 Å². The van der Waals surface area contributed by atoms with Crippen molar-refractivity contribution in [3.63, 3.8) is 0 Å². The van der Waals surface area contributed by atoms with Crippen LogP contribution in [0.3, 0.4) is 0 Å². The van der Waals surface area contributed by atoms with E-state index in [1.54, 1.807) is 13.8 Å². The summed E-state index contributed by atoms with van der Waals surface area (Å²) in [6.45, 7) is 3.23. The van der Waals surface area contributed by atoms with Crippen molar-refractivity contribution in [2.45, 2.75) is 20.3 Å². The van der Waals surface area contributed by atoms with Crippen molar-refractivity contribution in [1.82, 2.24) is 5.43 Å². The first-order chi connectivity index (χ1) is 5.44. The number of hydrogen-bond acceptors (Lipinski definition) is 4. The van der Waals surface area contributed by atoms with Gasteiger partial charge < -0.3 is 4.74 Å². The van der Waals surface area contributed by atoms with Crippen LogP contribution in [-0.4, -0.2) is 19.0 Å². The van der Waals surface area contributed by atoms with Gasteiger partial charge >= 0.3 is 5.97 Å². The summed E-state index contributed by atoms with van der Waals surface area (Å²) in [5.74, 6) is 4.11. The number of hydrazine groups is 1. The molecule has 1 amide bonds. The van der Waals surface area contributed by atoms with E-state index in [9.17, 15) is 9.59 Å². The van der Waals surface area contributed by atoms with Gasteiger partial charge in [0.05, 0.1) is 18.9 Å². The smallest absolute Gasteiger partial charge is 0.306 e. The van der Waals surface area contributed by atoms with Gasteiger partial charge in [-0.15, -0.1) is 0 Å². The Bertz CT molecular complexity index is 189. The minimum Gasteiger partial charge on any atom is -0.469 e. The number of methoxy groups -OCH3 is 1. The number of amides is 1. The highest BCUT2D eigenvalue weighted by atomic mass is 16.5. The molecule has 0 spiro atoms. The molecule has 0 aliphatic carbocycles. The molecule has 0 atom stereocenters.